The molecule has 2 aromatic carbocycles. The Hall–Kier alpha value is -1.75. The molecule has 94 valence electrons. The highest BCUT2D eigenvalue weighted by molar-refractivity contribution is 7.80. The minimum Gasteiger partial charge on any atom is -0.280 e. The van der Waals surface area contributed by atoms with Gasteiger partial charge in [-0.25, -0.2) is 0 Å². The number of carbonyl (C=O) groups is 1. The molecule has 0 saturated heterocycles. The summed E-state index contributed by atoms with van der Waals surface area (Å²) in [5, 5.41) is 10.7. The fourth-order valence-corrected chi connectivity index (χ4v) is 2.44. The molecule has 0 aromatic heterocycles. The molecule has 0 spiro atoms. The molecule has 0 atom stereocenters. The molecule has 1 aliphatic rings. The Morgan fingerprint density at radius 1 is 1.00 bits per heavy atom. The molecule has 1 amide bonds. The predicted molar refractivity (Wildman–Crippen MR) is 76.5 cm³/mol. The van der Waals surface area contributed by atoms with Crippen LogP contribution in [0.25, 0.3) is 11.1 Å². The number of rotatable bonds is 1. The molecular formula is C14H8ClNO2S. The smallest absolute Gasteiger partial charge is 0.280 e. The van der Waals surface area contributed by atoms with E-state index in [2.05, 4.69) is 0 Å². The molecule has 3 nitrogen and oxygen atoms in total. The van der Waals surface area contributed by atoms with Gasteiger partial charge in [0.1, 0.15) is 4.99 Å². The Kier molecular flexibility index (Phi) is 2.86. The van der Waals surface area contributed by atoms with Crippen molar-refractivity contribution < 1.29 is 10.0 Å². The predicted octanol–water partition coefficient (Wildman–Crippen LogP) is 3.53. The summed E-state index contributed by atoms with van der Waals surface area (Å²) in [7, 11) is 0. The first-order valence-electron chi connectivity index (χ1n) is 5.55. The van der Waals surface area contributed by atoms with Gasteiger partial charge in [0, 0.05) is 10.6 Å². The Morgan fingerprint density at radius 3 is 2.32 bits per heavy atom. The fraction of sp³-hybridized carbons (Fsp3) is 0. The third kappa shape index (κ3) is 1.94. The summed E-state index contributed by atoms with van der Waals surface area (Å²) in [5.41, 5.74) is 2.82. The zero-order valence-corrected chi connectivity index (χ0v) is 11.2. The Balaban J connectivity index is 2.11. The number of amides is 1. The lowest BCUT2D eigenvalue weighted by molar-refractivity contribution is 0.00254. The first kappa shape index (κ1) is 12.3. The summed E-state index contributed by atoms with van der Waals surface area (Å²) >= 11 is 10.8. The van der Waals surface area contributed by atoms with Crippen LogP contribution in [0.15, 0.2) is 42.5 Å². The lowest BCUT2D eigenvalue weighted by Crippen LogP contribution is -2.24. The fourth-order valence-electron chi connectivity index (χ4n) is 2.05. The van der Waals surface area contributed by atoms with Gasteiger partial charge < -0.3 is 0 Å². The van der Waals surface area contributed by atoms with Crippen LogP contribution in [0.3, 0.4) is 0 Å². The number of hydroxylamine groups is 2. The number of hydrogen-bond donors (Lipinski definition) is 1. The van der Waals surface area contributed by atoms with E-state index in [9.17, 15) is 10.0 Å². The zero-order valence-electron chi connectivity index (χ0n) is 9.63. The molecule has 2 aromatic rings. The number of fused-ring (bicyclic) bond motifs is 1. The van der Waals surface area contributed by atoms with Gasteiger partial charge in [0.25, 0.3) is 5.91 Å². The van der Waals surface area contributed by atoms with Gasteiger partial charge >= 0.3 is 0 Å². The minimum atomic E-state index is -0.490. The van der Waals surface area contributed by atoms with E-state index in [1.54, 1.807) is 24.3 Å². The largest absolute Gasteiger partial charge is 0.283 e. The van der Waals surface area contributed by atoms with Gasteiger partial charge in [-0.1, -0.05) is 48.1 Å². The maximum absolute atomic E-state index is 11.8. The molecule has 1 heterocycles. The monoisotopic (exact) mass is 289 g/mol. The molecular weight excluding hydrogens is 282 g/mol. The van der Waals surface area contributed by atoms with Crippen LogP contribution < -0.4 is 0 Å². The van der Waals surface area contributed by atoms with Crippen molar-refractivity contribution in [2.45, 2.75) is 0 Å². The van der Waals surface area contributed by atoms with Crippen LogP contribution >= 0.6 is 23.8 Å². The summed E-state index contributed by atoms with van der Waals surface area (Å²) < 4.78 is 0. The molecule has 0 saturated carbocycles. The molecule has 0 radical (unpaired) electrons. The third-order valence-electron chi connectivity index (χ3n) is 3.04. The number of benzene rings is 2. The lowest BCUT2D eigenvalue weighted by atomic mass is 10.0. The Morgan fingerprint density at radius 2 is 1.63 bits per heavy atom. The second kappa shape index (κ2) is 4.42. The van der Waals surface area contributed by atoms with Crippen LogP contribution in [0.1, 0.15) is 15.9 Å². The Labute approximate surface area is 120 Å². The number of nitrogens with zero attached hydrogens (tertiary/aromatic N) is 1. The van der Waals surface area contributed by atoms with E-state index in [-0.39, 0.29) is 4.99 Å². The highest BCUT2D eigenvalue weighted by Gasteiger charge is 2.31. The van der Waals surface area contributed by atoms with E-state index in [0.717, 1.165) is 11.1 Å². The number of halogens is 1. The van der Waals surface area contributed by atoms with Crippen molar-refractivity contribution in [3.8, 4) is 11.1 Å². The molecule has 0 fully saturated rings. The van der Waals surface area contributed by atoms with Crippen LogP contribution in [0, 0.1) is 0 Å². The van der Waals surface area contributed by atoms with E-state index in [1.165, 1.54) is 0 Å². The number of carbonyl (C=O) groups excluding carboxylic acids is 1. The molecule has 19 heavy (non-hydrogen) atoms. The zero-order chi connectivity index (χ0) is 13.6. The van der Waals surface area contributed by atoms with Gasteiger partial charge in [0.2, 0.25) is 0 Å². The van der Waals surface area contributed by atoms with Crippen molar-refractivity contribution >= 4 is 34.7 Å². The summed E-state index contributed by atoms with van der Waals surface area (Å²) in [6.07, 6.45) is 0. The van der Waals surface area contributed by atoms with Gasteiger partial charge in [0.05, 0.1) is 5.56 Å². The van der Waals surface area contributed by atoms with E-state index >= 15 is 0 Å². The van der Waals surface area contributed by atoms with Gasteiger partial charge in [-0.05, 0) is 29.3 Å². The van der Waals surface area contributed by atoms with E-state index in [4.69, 9.17) is 23.8 Å². The average Bonchev–Trinajstić information content (AvgIpc) is 2.64. The van der Waals surface area contributed by atoms with Crippen LogP contribution in [0.4, 0.5) is 0 Å². The van der Waals surface area contributed by atoms with Gasteiger partial charge in [-0.2, -0.15) is 5.06 Å². The second-order valence-electron chi connectivity index (χ2n) is 4.19. The van der Waals surface area contributed by atoms with Crippen molar-refractivity contribution in [2.75, 3.05) is 0 Å². The maximum atomic E-state index is 11.8. The minimum absolute atomic E-state index is 0.141. The van der Waals surface area contributed by atoms with Crippen molar-refractivity contribution in [1.29, 1.82) is 0 Å². The van der Waals surface area contributed by atoms with Crippen LogP contribution in [-0.2, 0) is 0 Å². The second-order valence-corrected chi connectivity index (χ2v) is 5.01. The molecule has 3 rings (SSSR count). The first-order chi connectivity index (χ1) is 9.08. The molecule has 1 N–H and O–H groups in total. The third-order valence-corrected chi connectivity index (χ3v) is 3.69. The van der Waals surface area contributed by atoms with Crippen LogP contribution in [0.2, 0.25) is 5.02 Å². The maximum Gasteiger partial charge on any atom is 0.283 e. The van der Waals surface area contributed by atoms with Crippen LogP contribution in [0.5, 0.6) is 0 Å². The molecule has 0 aliphatic carbocycles. The highest BCUT2D eigenvalue weighted by atomic mass is 35.5. The summed E-state index contributed by atoms with van der Waals surface area (Å²) in [4.78, 5) is 12.0. The van der Waals surface area contributed by atoms with Gasteiger partial charge in [0.15, 0.2) is 0 Å². The summed E-state index contributed by atoms with van der Waals surface area (Å²) in [6.45, 7) is 0. The number of thiocarbonyl (C=S) groups is 1. The van der Waals surface area contributed by atoms with E-state index in [0.29, 0.717) is 21.2 Å². The first-order valence-corrected chi connectivity index (χ1v) is 6.34. The van der Waals surface area contributed by atoms with Crippen LogP contribution in [-0.4, -0.2) is 21.2 Å². The molecule has 1 aliphatic heterocycles. The molecule has 0 bridgehead atoms. The lowest BCUT2D eigenvalue weighted by Gasteiger charge is -2.03. The highest BCUT2D eigenvalue weighted by Crippen LogP contribution is 2.28. The quantitative estimate of drug-likeness (QED) is 0.645. The molecule has 0 unspecified atom stereocenters. The standard InChI is InChI=1S/C14H8ClNO2S/c15-10-4-1-8(2-5-10)9-3-6-11-12(7-9)13(17)16(18)14(11)19/h1-7,18H. The van der Waals surface area contributed by atoms with E-state index < -0.39 is 5.91 Å². The van der Waals surface area contributed by atoms with Crippen molar-refractivity contribution in [2.24, 2.45) is 0 Å². The average molecular weight is 290 g/mol. The van der Waals surface area contributed by atoms with Gasteiger partial charge in [-0.15, -0.1) is 0 Å². The van der Waals surface area contributed by atoms with E-state index in [1.807, 2.05) is 18.2 Å². The molecule has 5 heteroatoms. The Bertz CT molecular complexity index is 697. The summed E-state index contributed by atoms with van der Waals surface area (Å²) in [5.74, 6) is -0.490. The SMILES string of the molecule is O=C1c2cc(-c3ccc(Cl)cc3)ccc2C(=S)N1O. The van der Waals surface area contributed by atoms with Gasteiger partial charge in [-0.3, -0.25) is 10.0 Å². The topological polar surface area (TPSA) is 40.5 Å². The van der Waals surface area contributed by atoms with Crippen molar-refractivity contribution in [1.82, 2.24) is 5.06 Å². The summed E-state index contributed by atoms with van der Waals surface area (Å²) in [6, 6.07) is 12.7. The normalized spacial score (nSPS) is 13.9. The van der Waals surface area contributed by atoms with Crippen molar-refractivity contribution in [3.05, 3.63) is 58.6 Å². The number of hydrogen-bond acceptors (Lipinski definition) is 3. The van der Waals surface area contributed by atoms with Crippen molar-refractivity contribution in [3.63, 3.8) is 0 Å².